The van der Waals surface area contributed by atoms with E-state index in [9.17, 15) is 5.11 Å². The maximum Gasteiger partial charge on any atom is 0.205 e. The monoisotopic (exact) mass is 684 g/mol. The van der Waals surface area contributed by atoms with Crippen molar-refractivity contribution in [3.63, 3.8) is 0 Å². The molecule has 1 aliphatic rings. The molecule has 2 atom stereocenters. The first-order chi connectivity index (χ1) is 15.6. The average Bonchev–Trinajstić information content (AvgIpc) is 2.79. The summed E-state index contributed by atoms with van der Waals surface area (Å²) in [6.45, 7) is 3.93. The third kappa shape index (κ3) is 4.18. The molecule has 0 spiro atoms. The predicted octanol–water partition coefficient (Wildman–Crippen LogP) is 5.10. The largest absolute Gasteiger partial charge is 0.492 e. The summed E-state index contributed by atoms with van der Waals surface area (Å²) >= 11 is 4.53. The Hall–Kier alpha value is -1.34. The molecule has 2 aromatic carbocycles. The van der Waals surface area contributed by atoms with Gasteiger partial charge in [-0.3, -0.25) is 0 Å². The van der Waals surface area contributed by atoms with Gasteiger partial charge in [0.2, 0.25) is 11.5 Å². The fourth-order valence-corrected chi connectivity index (χ4v) is 6.35. The normalized spacial score (nSPS) is 19.5. The Morgan fingerprint density at radius 2 is 1.03 bits per heavy atom. The molecule has 0 saturated carbocycles. The van der Waals surface area contributed by atoms with Crippen molar-refractivity contribution in [1.29, 1.82) is 0 Å². The van der Waals surface area contributed by atoms with E-state index in [1.165, 1.54) is 0 Å². The summed E-state index contributed by atoms with van der Waals surface area (Å²) < 4.78 is 36.6. The Morgan fingerprint density at radius 1 is 0.667 bits per heavy atom. The summed E-state index contributed by atoms with van der Waals surface area (Å²) in [4.78, 5) is 0. The van der Waals surface area contributed by atoms with Gasteiger partial charge in [0.05, 0.1) is 55.4 Å². The Morgan fingerprint density at radius 3 is 1.42 bits per heavy atom. The van der Waals surface area contributed by atoms with Gasteiger partial charge in [0.25, 0.3) is 0 Å². The molecule has 0 amide bonds. The summed E-state index contributed by atoms with van der Waals surface area (Å²) in [6.07, 6.45) is 0.997. The van der Waals surface area contributed by atoms with Gasteiger partial charge in [-0.25, -0.2) is 0 Å². The van der Waals surface area contributed by atoms with E-state index in [4.69, 9.17) is 28.4 Å². The van der Waals surface area contributed by atoms with Crippen LogP contribution in [0.15, 0.2) is 0 Å². The Bertz CT molecular complexity index is 1070. The molecule has 0 radical (unpaired) electrons. The average molecular weight is 684 g/mol. The molecule has 0 bridgehead atoms. The number of rotatable bonds is 6. The summed E-state index contributed by atoms with van der Waals surface area (Å²) in [7, 11) is 9.60. The molecule has 2 aromatic rings. The maximum absolute atomic E-state index is 11.5. The zero-order valence-electron chi connectivity index (χ0n) is 20.1. The van der Waals surface area contributed by atoms with E-state index < -0.39 is 5.60 Å². The van der Waals surface area contributed by atoms with Crippen molar-refractivity contribution in [2.24, 2.45) is 5.92 Å². The molecule has 7 nitrogen and oxygen atoms in total. The van der Waals surface area contributed by atoms with Crippen LogP contribution < -0.4 is 28.4 Å². The number of hydrogen-bond donors (Lipinski definition) is 1. The third-order valence-corrected chi connectivity index (χ3v) is 8.67. The van der Waals surface area contributed by atoms with Crippen molar-refractivity contribution in [2.75, 3.05) is 42.7 Å². The van der Waals surface area contributed by atoms with Crippen molar-refractivity contribution in [2.45, 2.75) is 32.3 Å². The molecule has 0 aromatic heterocycles. The lowest BCUT2D eigenvalue weighted by molar-refractivity contribution is 0.00603. The van der Waals surface area contributed by atoms with Gasteiger partial charge in [-0.05, 0) is 75.6 Å². The second kappa shape index (κ2) is 10.1. The molecule has 33 heavy (non-hydrogen) atoms. The van der Waals surface area contributed by atoms with Crippen LogP contribution >= 0.6 is 45.2 Å². The molecule has 9 heteroatoms. The van der Waals surface area contributed by atoms with Gasteiger partial charge in [0.15, 0.2) is 23.0 Å². The highest BCUT2D eigenvalue weighted by molar-refractivity contribution is 14.1. The highest BCUT2D eigenvalue weighted by atomic mass is 127. The molecule has 0 unspecified atom stereocenters. The van der Waals surface area contributed by atoms with Crippen molar-refractivity contribution in [3.05, 3.63) is 18.3 Å². The Kier molecular flexibility index (Phi) is 8.04. The van der Waals surface area contributed by atoms with Gasteiger partial charge in [-0.15, -0.1) is 0 Å². The van der Waals surface area contributed by atoms with E-state index in [-0.39, 0.29) is 5.92 Å². The SMILES string of the molecule is COc1c(I)c2c(c(OC)c1OC)-c1c(c(I)c(OC)c(OC)c1OC)C[C@](C)(O)[C@@H](C)C2. The number of halogens is 2. The lowest BCUT2D eigenvalue weighted by Crippen LogP contribution is -2.38. The van der Waals surface area contributed by atoms with Crippen molar-refractivity contribution in [3.8, 4) is 45.6 Å². The summed E-state index contributed by atoms with van der Waals surface area (Å²) in [5, 5.41) is 11.5. The molecular formula is C24H30I2O7. The van der Waals surface area contributed by atoms with E-state index in [1.807, 2.05) is 6.92 Å². The maximum atomic E-state index is 11.5. The van der Waals surface area contributed by atoms with Crippen LogP contribution in [0.3, 0.4) is 0 Å². The quantitative estimate of drug-likeness (QED) is 0.425. The number of ether oxygens (including phenoxy) is 6. The van der Waals surface area contributed by atoms with Crippen LogP contribution in [0.4, 0.5) is 0 Å². The third-order valence-electron chi connectivity index (χ3n) is 6.39. The first-order valence-electron chi connectivity index (χ1n) is 10.4. The van der Waals surface area contributed by atoms with Gasteiger partial charge >= 0.3 is 0 Å². The van der Waals surface area contributed by atoms with E-state index in [0.29, 0.717) is 47.3 Å². The first-order valence-corrected chi connectivity index (χ1v) is 12.5. The van der Waals surface area contributed by atoms with E-state index in [1.54, 1.807) is 42.7 Å². The lowest BCUT2D eigenvalue weighted by Gasteiger charge is -2.37. The molecule has 0 saturated heterocycles. The molecule has 3 rings (SSSR count). The standard InChI is InChI=1S/C24H30I2O7/c1-11-9-12-14(18(28-3)22(32-7)20(30-5)16(12)25)15-13(10-24(11,2)27)17(26)21(31-6)23(33-8)19(15)29-4/h11,27H,9-10H2,1-8H3/t11-,24-/m0/s1. The highest BCUT2D eigenvalue weighted by Gasteiger charge is 2.40. The van der Waals surface area contributed by atoms with Gasteiger partial charge < -0.3 is 33.5 Å². The van der Waals surface area contributed by atoms with Crippen LogP contribution in [0.2, 0.25) is 0 Å². The number of methoxy groups -OCH3 is 6. The minimum Gasteiger partial charge on any atom is -0.492 e. The van der Waals surface area contributed by atoms with Crippen molar-refractivity contribution in [1.82, 2.24) is 0 Å². The fourth-order valence-electron chi connectivity index (χ4n) is 4.47. The van der Waals surface area contributed by atoms with Crippen LogP contribution in [0, 0.1) is 13.1 Å². The summed E-state index contributed by atoms with van der Waals surface area (Å²) in [5.41, 5.74) is 2.52. The van der Waals surface area contributed by atoms with Crippen LogP contribution in [0.5, 0.6) is 34.5 Å². The van der Waals surface area contributed by atoms with E-state index in [0.717, 1.165) is 29.4 Å². The Labute approximate surface area is 222 Å². The number of benzene rings is 2. The zero-order valence-corrected chi connectivity index (χ0v) is 24.5. The van der Waals surface area contributed by atoms with Crippen molar-refractivity contribution >= 4 is 45.2 Å². The molecule has 0 fully saturated rings. The molecule has 0 aliphatic heterocycles. The lowest BCUT2D eigenvalue weighted by atomic mass is 9.75. The minimum absolute atomic E-state index is 0.0596. The second-order valence-electron chi connectivity index (χ2n) is 8.17. The van der Waals surface area contributed by atoms with Crippen LogP contribution in [-0.2, 0) is 12.8 Å². The number of fused-ring (bicyclic) bond motifs is 3. The van der Waals surface area contributed by atoms with Crippen LogP contribution in [-0.4, -0.2) is 53.4 Å². The molecule has 1 aliphatic carbocycles. The molecule has 1 N–H and O–H groups in total. The van der Waals surface area contributed by atoms with Crippen LogP contribution in [0.25, 0.3) is 11.1 Å². The molecule has 182 valence electrons. The summed E-state index contributed by atoms with van der Waals surface area (Å²) in [6, 6.07) is 0. The van der Waals surface area contributed by atoms with E-state index >= 15 is 0 Å². The van der Waals surface area contributed by atoms with Gasteiger partial charge in [-0.1, -0.05) is 6.92 Å². The highest BCUT2D eigenvalue weighted by Crippen LogP contribution is 2.58. The van der Waals surface area contributed by atoms with Gasteiger partial charge in [-0.2, -0.15) is 0 Å². The predicted molar refractivity (Wildman–Crippen MR) is 144 cm³/mol. The Balaban J connectivity index is 2.67. The number of aliphatic hydroxyl groups is 1. The second-order valence-corrected chi connectivity index (χ2v) is 10.3. The zero-order chi connectivity index (χ0) is 24.7. The van der Waals surface area contributed by atoms with Crippen molar-refractivity contribution < 1.29 is 33.5 Å². The van der Waals surface area contributed by atoms with E-state index in [2.05, 4.69) is 52.1 Å². The topological polar surface area (TPSA) is 75.6 Å². The first kappa shape index (κ1) is 26.3. The summed E-state index contributed by atoms with van der Waals surface area (Å²) in [5.74, 6) is 3.13. The van der Waals surface area contributed by atoms with Gasteiger partial charge in [0.1, 0.15) is 0 Å². The fraction of sp³-hybridized carbons (Fsp3) is 0.500. The molecule has 0 heterocycles. The smallest absolute Gasteiger partial charge is 0.205 e. The van der Waals surface area contributed by atoms with Gasteiger partial charge in [0, 0.05) is 17.5 Å². The van der Waals surface area contributed by atoms with Crippen LogP contribution in [0.1, 0.15) is 25.0 Å². The minimum atomic E-state index is -0.986. The number of hydrogen-bond acceptors (Lipinski definition) is 7. The molecular weight excluding hydrogens is 654 g/mol.